The Hall–Kier alpha value is -11.0. The maximum atomic E-state index is 14.9. The van der Waals surface area contributed by atoms with Crippen molar-refractivity contribution in [3.63, 3.8) is 0 Å². The first-order valence-electron chi connectivity index (χ1n) is 49.9. The van der Waals surface area contributed by atoms with Crippen LogP contribution >= 0.6 is 22.7 Å². The third-order valence-corrected chi connectivity index (χ3v) is 26.2. The Balaban J connectivity index is 1.04. The van der Waals surface area contributed by atoms with Crippen molar-refractivity contribution in [2.24, 2.45) is 0 Å². The number of carbonyl (C=O) groups is 8. The molecule has 720 valence electrons. The third kappa shape index (κ3) is 36.4. The summed E-state index contributed by atoms with van der Waals surface area (Å²) in [6.45, 7) is 22.7. The molecule has 4 N–H and O–H groups in total. The maximum Gasteiger partial charge on any atom is 0.271 e. The number of nitriles is 2. The predicted octanol–water partition coefficient (Wildman–Crippen LogP) is 25.6. The summed E-state index contributed by atoms with van der Waals surface area (Å²) in [5, 5.41) is 33.7. The molecule has 0 radical (unpaired) electrons. The smallest absolute Gasteiger partial charge is 0.271 e. The van der Waals surface area contributed by atoms with Crippen LogP contribution in [0.3, 0.4) is 0 Å². The van der Waals surface area contributed by atoms with E-state index in [4.69, 9.17) is 18.9 Å². The molecule has 8 amide bonds. The number of thiophene rings is 2. The lowest BCUT2D eigenvalue weighted by Crippen LogP contribution is -2.44. The van der Waals surface area contributed by atoms with Crippen molar-refractivity contribution in [3.8, 4) is 35.1 Å². The largest absolute Gasteiger partial charge is 0.490 e. The zero-order valence-corrected chi connectivity index (χ0v) is 82.6. The van der Waals surface area contributed by atoms with Crippen LogP contribution in [0.25, 0.3) is 12.2 Å². The van der Waals surface area contributed by atoms with E-state index in [0.717, 1.165) is 165 Å². The van der Waals surface area contributed by atoms with Gasteiger partial charge in [-0.05, 0) is 167 Å². The van der Waals surface area contributed by atoms with E-state index >= 15 is 0 Å². The molecule has 26 heteroatoms. The fourth-order valence-electron chi connectivity index (χ4n) is 16.0. The summed E-state index contributed by atoms with van der Waals surface area (Å²) in [6, 6.07) is 29.2. The Bertz CT molecular complexity index is 4640. The van der Waals surface area contributed by atoms with Gasteiger partial charge in [0.25, 0.3) is 35.4 Å². The lowest BCUT2D eigenvalue weighted by atomic mass is 9.94. The van der Waals surface area contributed by atoms with E-state index in [1.54, 1.807) is 38.1 Å². The summed E-state index contributed by atoms with van der Waals surface area (Å²) in [4.78, 5) is 131. The number of benzene rings is 2. The second kappa shape index (κ2) is 61.0. The number of anilines is 6. The van der Waals surface area contributed by atoms with Gasteiger partial charge in [-0.3, -0.25) is 48.2 Å². The molecule has 2 aliphatic heterocycles. The number of amides is 8. The van der Waals surface area contributed by atoms with E-state index in [0.29, 0.717) is 42.6 Å². The number of hydrogen-bond donors (Lipinski definition) is 4. The fraction of sp³-hybridized carbons (Fsp3) is 0.551. The Morgan fingerprint density at radius 2 is 0.714 bits per heavy atom. The van der Waals surface area contributed by atoms with Gasteiger partial charge in [0.15, 0.2) is 11.5 Å². The zero-order chi connectivity index (χ0) is 95.3. The van der Waals surface area contributed by atoms with Crippen molar-refractivity contribution in [1.82, 2.24) is 19.8 Å². The van der Waals surface area contributed by atoms with E-state index in [1.165, 1.54) is 200 Å². The van der Waals surface area contributed by atoms with Crippen molar-refractivity contribution >= 4 is 115 Å². The van der Waals surface area contributed by atoms with Crippen molar-refractivity contribution in [1.29, 1.82) is 10.5 Å². The molecule has 4 aromatic heterocycles. The Kier molecular flexibility index (Phi) is 49.3. The number of nitrogens with zero attached hydrogens (tertiary/aromatic N) is 8. The van der Waals surface area contributed by atoms with Gasteiger partial charge in [-0.25, -0.2) is 9.97 Å². The minimum absolute atomic E-state index is 0.00451. The van der Waals surface area contributed by atoms with Crippen LogP contribution in [0.1, 0.15) is 355 Å². The summed E-state index contributed by atoms with van der Waals surface area (Å²) in [7, 11) is 0. The average molecular weight is 1860 g/mol. The molecule has 8 rings (SSSR count). The molecule has 2 aliphatic rings. The van der Waals surface area contributed by atoms with Gasteiger partial charge >= 0.3 is 0 Å². The minimum Gasteiger partial charge on any atom is -0.490 e. The summed E-state index contributed by atoms with van der Waals surface area (Å²) in [6.07, 6.45) is 46.2. The SMILES string of the molecule is CCCCCCCCCCCCOc1cc(COc2cc(C(=O)Nc3cccc(NC(=O)CCN4C(=O)C(C#N)=C(C)/C(=C/c5ccc(N(CCCC)CCCC)s5)C4=O)n3)cc(C(=O)Nc3cccc(NC(=O)CCN4C(=O)C(C#N)=C(C)/C(=C/c5ccc(N(CCCC)CCCC)s5)C4=O)n3)c2)cc(OCCCCCCCCCCCC)c1OCCCCCCCCCCCC. The highest BCUT2D eigenvalue weighted by Crippen LogP contribution is 2.42. The first kappa shape index (κ1) is 107. The highest BCUT2D eigenvalue weighted by molar-refractivity contribution is 7.17. The zero-order valence-electron chi connectivity index (χ0n) is 81.0. The molecule has 0 bridgehead atoms. The molecular weight excluding hydrogens is 1710 g/mol. The van der Waals surface area contributed by atoms with Crippen molar-refractivity contribution < 1.29 is 57.3 Å². The van der Waals surface area contributed by atoms with E-state index < -0.39 is 47.3 Å². The number of pyridine rings is 2. The first-order valence-corrected chi connectivity index (χ1v) is 51.5. The van der Waals surface area contributed by atoms with Crippen LogP contribution in [0.2, 0.25) is 0 Å². The number of imide groups is 2. The molecule has 133 heavy (non-hydrogen) atoms. The predicted molar refractivity (Wildman–Crippen MR) is 539 cm³/mol. The van der Waals surface area contributed by atoms with E-state index in [9.17, 15) is 48.9 Å². The van der Waals surface area contributed by atoms with Crippen LogP contribution in [0.15, 0.2) is 124 Å². The third-order valence-electron chi connectivity index (χ3n) is 24.0. The molecule has 2 aromatic carbocycles. The monoisotopic (exact) mass is 1860 g/mol. The van der Waals surface area contributed by atoms with E-state index in [-0.39, 0.29) is 106 Å². The van der Waals surface area contributed by atoms with Gasteiger partial charge in [-0.2, -0.15) is 10.5 Å². The Morgan fingerprint density at radius 3 is 1.05 bits per heavy atom. The van der Waals surface area contributed by atoms with Gasteiger partial charge in [0.2, 0.25) is 17.6 Å². The molecule has 0 spiro atoms. The molecule has 6 aromatic rings. The average Bonchev–Trinajstić information content (AvgIpc) is 1.52. The second-order valence-electron chi connectivity index (χ2n) is 35.0. The molecule has 0 aliphatic carbocycles. The lowest BCUT2D eigenvalue weighted by molar-refractivity contribution is -0.142. The van der Waals surface area contributed by atoms with Crippen LogP contribution in [-0.4, -0.2) is 126 Å². The number of unbranched alkanes of at least 4 members (excludes halogenated alkanes) is 31. The van der Waals surface area contributed by atoms with Crippen molar-refractivity contribution in [3.05, 3.63) is 151 Å². The standard InChI is InChI=1S/C107H148N12O12S2/c1-10-17-24-27-30-33-36-39-42-45-66-128-91-69-81(70-92(129-67-46-43-40-37-34-31-28-25-18-11-2)101(91)130-68-47-44-41-38-35-32-29-26-19-12-3)78-131-84-72-82(102(122)114-95-52-48-50-93(110-95)112-97(120)58-64-118-104(124)87(79(8)89(76-108)106(118)126)74-85-54-56-99(132-85)116(60-20-13-4)61-21-14-5)71-83(73-84)103(123)115-96-53-49-51-94(111-96)113-98(121)59-65-119-105(125)88(80(9)90(77-109)107(119)127)75-86-55-57-100(133-86)117(62-22-15-6)63-23-16-7/h48-57,69-75H,10-47,58-68,78H2,1-9H3,(H2,110,112,114,120,122)(H2,111,113,115,121,123)/b87-74-,88-75-. The number of ether oxygens (including phenoxy) is 4. The number of hydrogen-bond acceptors (Lipinski definition) is 20. The number of nitrogens with one attached hydrogen (secondary N) is 4. The molecule has 6 heterocycles. The van der Waals surface area contributed by atoms with Gasteiger partial charge in [0.1, 0.15) is 58.9 Å². The van der Waals surface area contributed by atoms with Crippen molar-refractivity contribution in [2.75, 3.05) is 90.2 Å². The molecule has 0 unspecified atom stereocenters. The summed E-state index contributed by atoms with van der Waals surface area (Å²) >= 11 is 3.06. The second-order valence-corrected chi connectivity index (χ2v) is 37.2. The van der Waals surface area contributed by atoms with Crippen LogP contribution in [0.5, 0.6) is 23.0 Å². The van der Waals surface area contributed by atoms with E-state index in [1.807, 2.05) is 48.5 Å². The fourth-order valence-corrected chi connectivity index (χ4v) is 18.0. The topological polar surface area (TPSA) is 308 Å². The molecule has 0 fully saturated rings. The Labute approximate surface area is 800 Å². The van der Waals surface area contributed by atoms with Gasteiger partial charge in [0, 0.05) is 84.1 Å². The van der Waals surface area contributed by atoms with Gasteiger partial charge in [0.05, 0.1) is 29.8 Å². The van der Waals surface area contributed by atoms with Crippen LogP contribution < -0.4 is 50.0 Å². The number of carbonyl (C=O) groups excluding carboxylic acids is 8. The summed E-state index contributed by atoms with van der Waals surface area (Å²) in [5.74, 6) is -3.78. The van der Waals surface area contributed by atoms with Gasteiger partial charge in [-0.15, -0.1) is 22.7 Å². The molecule has 0 saturated carbocycles. The van der Waals surface area contributed by atoms with Crippen molar-refractivity contribution in [2.45, 2.75) is 326 Å². The normalized spacial score (nSPS) is 13.4. The Morgan fingerprint density at radius 1 is 0.391 bits per heavy atom. The number of rotatable bonds is 67. The molecule has 0 saturated heterocycles. The number of aromatic nitrogens is 2. The highest BCUT2D eigenvalue weighted by atomic mass is 32.1. The lowest BCUT2D eigenvalue weighted by Gasteiger charge is -2.27. The summed E-state index contributed by atoms with van der Waals surface area (Å²) < 4.78 is 27.0. The summed E-state index contributed by atoms with van der Waals surface area (Å²) in [5.41, 5.74) is 1.06. The molecule has 24 nitrogen and oxygen atoms in total. The van der Waals surface area contributed by atoms with E-state index in [2.05, 4.69) is 89.5 Å². The quantitative estimate of drug-likeness (QED) is 0.0157. The minimum atomic E-state index is -0.806. The molecular formula is C107H148N12O12S2. The van der Waals surface area contributed by atoms with Crippen LogP contribution in [0.4, 0.5) is 33.3 Å². The van der Waals surface area contributed by atoms with Crippen LogP contribution in [-0.2, 0) is 35.4 Å². The maximum absolute atomic E-state index is 14.9. The first-order chi connectivity index (χ1) is 64.8. The highest BCUT2D eigenvalue weighted by Gasteiger charge is 2.38. The van der Waals surface area contributed by atoms with Gasteiger partial charge < -0.3 is 50.0 Å². The van der Waals surface area contributed by atoms with Crippen LogP contribution in [0, 0.1) is 22.7 Å². The van der Waals surface area contributed by atoms with Gasteiger partial charge in [-0.1, -0.05) is 260 Å². The molecule has 0 atom stereocenters.